The summed E-state index contributed by atoms with van der Waals surface area (Å²) in [4.78, 5) is 0. The van der Waals surface area contributed by atoms with Crippen LogP contribution in [0, 0.1) is 0 Å². The average Bonchev–Trinajstić information content (AvgIpc) is 2.74. The van der Waals surface area contributed by atoms with Crippen LogP contribution in [-0.2, 0) is 7.05 Å². The minimum atomic E-state index is 1.13. The molecule has 1 aromatic heterocycles. The van der Waals surface area contributed by atoms with Gasteiger partial charge < -0.3 is 4.57 Å². The fourth-order valence-corrected chi connectivity index (χ4v) is 2.01. The minimum absolute atomic E-state index is 1.13. The molecule has 0 radical (unpaired) electrons. The van der Waals surface area contributed by atoms with Crippen LogP contribution in [0.2, 0.25) is 0 Å². The normalized spacial score (nSPS) is 11.1. The Kier molecular flexibility index (Phi) is 8.86. The Labute approximate surface area is 124 Å². The first kappa shape index (κ1) is 18.0. The Morgan fingerprint density at radius 2 is 1.30 bits per heavy atom. The fraction of sp³-hybridized carbons (Fsp3) is 0.263. The fourth-order valence-electron chi connectivity index (χ4n) is 2.01. The van der Waals surface area contributed by atoms with E-state index < -0.39 is 0 Å². The Morgan fingerprint density at radius 3 is 1.70 bits per heavy atom. The summed E-state index contributed by atoms with van der Waals surface area (Å²) >= 11 is 0. The summed E-state index contributed by atoms with van der Waals surface area (Å²) in [7, 11) is 2.06. The first-order valence-corrected chi connectivity index (χ1v) is 7.10. The summed E-state index contributed by atoms with van der Waals surface area (Å²) in [6.07, 6.45) is 16.1. The highest BCUT2D eigenvalue weighted by Crippen LogP contribution is 2.27. The Bertz CT molecular complexity index is 522. The van der Waals surface area contributed by atoms with Gasteiger partial charge in [-0.1, -0.05) is 63.5 Å². The zero-order valence-corrected chi connectivity index (χ0v) is 13.5. The van der Waals surface area contributed by atoms with Gasteiger partial charge in [0.25, 0.3) is 0 Å². The number of allylic oxidation sites excluding steroid dienone is 4. The van der Waals surface area contributed by atoms with Crippen molar-refractivity contribution in [1.82, 2.24) is 4.57 Å². The first-order chi connectivity index (χ1) is 9.71. The van der Waals surface area contributed by atoms with Crippen molar-refractivity contribution in [1.29, 1.82) is 0 Å². The van der Waals surface area contributed by atoms with Gasteiger partial charge in [-0.15, -0.1) is 0 Å². The molecule has 0 bridgehead atoms. The Morgan fingerprint density at radius 1 is 0.800 bits per heavy atom. The van der Waals surface area contributed by atoms with Crippen LogP contribution in [0.5, 0.6) is 0 Å². The lowest BCUT2D eigenvalue weighted by atomic mass is 10.1. The third kappa shape index (κ3) is 3.99. The van der Waals surface area contributed by atoms with Crippen LogP contribution in [-0.4, -0.2) is 4.57 Å². The molecule has 1 heteroatoms. The molecule has 0 saturated heterocycles. The van der Waals surface area contributed by atoms with Gasteiger partial charge in [0.2, 0.25) is 0 Å². The van der Waals surface area contributed by atoms with Gasteiger partial charge in [0.15, 0.2) is 0 Å². The molecule has 0 aromatic carbocycles. The van der Waals surface area contributed by atoms with Crippen molar-refractivity contribution >= 4 is 24.3 Å². The van der Waals surface area contributed by atoms with Crippen molar-refractivity contribution in [2.24, 2.45) is 7.05 Å². The predicted molar refractivity (Wildman–Crippen MR) is 95.5 cm³/mol. The monoisotopic (exact) mass is 269 g/mol. The van der Waals surface area contributed by atoms with E-state index in [0.717, 1.165) is 22.5 Å². The third-order valence-electron chi connectivity index (χ3n) is 2.86. The number of hydrogen-bond donors (Lipinski definition) is 0. The third-order valence-corrected chi connectivity index (χ3v) is 2.86. The summed E-state index contributed by atoms with van der Waals surface area (Å²) in [5.74, 6) is 0. The van der Waals surface area contributed by atoms with Crippen molar-refractivity contribution in [3.05, 3.63) is 60.0 Å². The Balaban J connectivity index is 0.00000172. The number of aromatic nitrogens is 1. The Hall–Kier alpha value is -2.02. The largest absolute Gasteiger partial charge is 0.344 e. The van der Waals surface area contributed by atoms with E-state index in [1.165, 1.54) is 0 Å². The molecule has 0 spiro atoms. The highest BCUT2D eigenvalue weighted by Gasteiger charge is 2.12. The van der Waals surface area contributed by atoms with Crippen LogP contribution in [0.15, 0.2) is 37.5 Å². The van der Waals surface area contributed by atoms with E-state index >= 15 is 0 Å². The molecule has 1 heterocycles. The summed E-state index contributed by atoms with van der Waals surface area (Å²) in [6.45, 7) is 15.8. The van der Waals surface area contributed by atoms with Crippen molar-refractivity contribution in [3.8, 4) is 0 Å². The van der Waals surface area contributed by atoms with E-state index in [-0.39, 0.29) is 0 Å². The van der Waals surface area contributed by atoms with Gasteiger partial charge in [-0.05, 0) is 26.0 Å². The second kappa shape index (κ2) is 9.85. The zero-order valence-electron chi connectivity index (χ0n) is 13.5. The zero-order chi connectivity index (χ0) is 15.5. The first-order valence-electron chi connectivity index (χ1n) is 7.10. The van der Waals surface area contributed by atoms with E-state index in [4.69, 9.17) is 0 Å². The maximum atomic E-state index is 3.91. The molecule has 0 amide bonds. The summed E-state index contributed by atoms with van der Waals surface area (Å²) < 4.78 is 2.16. The molecule has 20 heavy (non-hydrogen) atoms. The van der Waals surface area contributed by atoms with E-state index in [1.54, 1.807) is 0 Å². The standard InChI is InChI=1S/C17H21N.C2H6/c1-6-10-11-13-17-15(9-4)14(8-3)16(12-7-2)18(17)5;1-2/h6-13H,3-4H2,1-2,5H3;1-2H3/b10-6-,12-7-,13-11-;. The molecule has 1 nitrogen and oxygen atoms in total. The maximum Gasteiger partial charge on any atom is 0.0488 e. The van der Waals surface area contributed by atoms with E-state index in [2.05, 4.69) is 36.9 Å². The molecule has 0 aliphatic carbocycles. The second-order valence-corrected chi connectivity index (χ2v) is 3.95. The van der Waals surface area contributed by atoms with Gasteiger partial charge in [0.1, 0.15) is 0 Å². The summed E-state index contributed by atoms with van der Waals surface area (Å²) in [5, 5.41) is 0. The van der Waals surface area contributed by atoms with E-state index in [9.17, 15) is 0 Å². The molecule has 0 aliphatic rings. The van der Waals surface area contributed by atoms with Crippen LogP contribution in [0.25, 0.3) is 24.3 Å². The van der Waals surface area contributed by atoms with Gasteiger partial charge in [-0.25, -0.2) is 0 Å². The molecule has 0 unspecified atom stereocenters. The highest BCUT2D eigenvalue weighted by atomic mass is 15.0. The van der Waals surface area contributed by atoms with Gasteiger partial charge in [0, 0.05) is 29.6 Å². The van der Waals surface area contributed by atoms with Gasteiger partial charge in [-0.2, -0.15) is 0 Å². The summed E-state index contributed by atoms with van der Waals surface area (Å²) in [5.41, 5.74) is 4.56. The molecule has 108 valence electrons. The lowest BCUT2D eigenvalue weighted by Crippen LogP contribution is -1.94. The topological polar surface area (TPSA) is 4.93 Å². The molecule has 0 saturated carbocycles. The lowest BCUT2D eigenvalue weighted by molar-refractivity contribution is 0.900. The molecule has 0 atom stereocenters. The highest BCUT2D eigenvalue weighted by molar-refractivity contribution is 5.78. The molecule has 1 rings (SSSR count). The molecule has 1 aromatic rings. The van der Waals surface area contributed by atoms with Crippen molar-refractivity contribution in [2.45, 2.75) is 27.7 Å². The predicted octanol–water partition coefficient (Wildman–Crippen LogP) is 5.96. The number of rotatable bonds is 5. The molecule has 0 aliphatic heterocycles. The van der Waals surface area contributed by atoms with Crippen LogP contribution < -0.4 is 0 Å². The smallest absolute Gasteiger partial charge is 0.0488 e. The summed E-state index contributed by atoms with van der Waals surface area (Å²) in [6, 6.07) is 0. The maximum absolute atomic E-state index is 3.91. The van der Waals surface area contributed by atoms with Gasteiger partial charge in [0.05, 0.1) is 0 Å². The van der Waals surface area contributed by atoms with Crippen molar-refractivity contribution in [3.63, 3.8) is 0 Å². The van der Waals surface area contributed by atoms with Crippen LogP contribution in [0.3, 0.4) is 0 Å². The molecular weight excluding hydrogens is 242 g/mol. The second-order valence-electron chi connectivity index (χ2n) is 3.95. The molecule has 0 fully saturated rings. The van der Waals surface area contributed by atoms with Crippen molar-refractivity contribution in [2.75, 3.05) is 0 Å². The van der Waals surface area contributed by atoms with E-state index in [0.29, 0.717) is 0 Å². The van der Waals surface area contributed by atoms with E-state index in [1.807, 2.05) is 64.2 Å². The SMILES string of the molecule is C=Cc1c(C=C)c(/C=C\C=C/C)n(C)c1/C=C\C.CC. The van der Waals surface area contributed by atoms with Crippen LogP contribution >= 0.6 is 0 Å². The van der Waals surface area contributed by atoms with Gasteiger partial charge in [-0.3, -0.25) is 0 Å². The van der Waals surface area contributed by atoms with Gasteiger partial charge >= 0.3 is 0 Å². The molecule has 0 N–H and O–H groups in total. The van der Waals surface area contributed by atoms with Crippen LogP contribution in [0.4, 0.5) is 0 Å². The number of hydrogen-bond acceptors (Lipinski definition) is 0. The number of nitrogens with zero attached hydrogens (tertiary/aromatic N) is 1. The molecular formula is C19H27N. The van der Waals surface area contributed by atoms with Crippen molar-refractivity contribution < 1.29 is 0 Å². The quantitative estimate of drug-likeness (QED) is 0.581. The average molecular weight is 269 g/mol. The minimum Gasteiger partial charge on any atom is -0.344 e. The van der Waals surface area contributed by atoms with Crippen LogP contribution in [0.1, 0.15) is 50.2 Å². The lowest BCUT2D eigenvalue weighted by Gasteiger charge is -2.01.